The van der Waals surface area contributed by atoms with Crippen molar-refractivity contribution in [2.24, 2.45) is 0 Å². The van der Waals surface area contributed by atoms with Crippen molar-refractivity contribution in [2.45, 2.75) is 32.2 Å². The number of benzene rings is 1. The molecule has 0 spiro atoms. The first-order valence-corrected chi connectivity index (χ1v) is 10.1. The van der Waals surface area contributed by atoms with E-state index >= 15 is 0 Å². The Labute approximate surface area is 182 Å². The summed E-state index contributed by atoms with van der Waals surface area (Å²) in [6.45, 7) is 2.30. The summed E-state index contributed by atoms with van der Waals surface area (Å²) in [5, 5.41) is 6.73. The van der Waals surface area contributed by atoms with Gasteiger partial charge < -0.3 is 9.73 Å². The molecule has 4 heterocycles. The fourth-order valence-corrected chi connectivity index (χ4v) is 3.66. The highest BCUT2D eigenvalue weighted by Gasteiger charge is 2.38. The molecule has 160 valence electrons. The van der Waals surface area contributed by atoms with E-state index in [1.807, 2.05) is 6.92 Å². The number of rotatable bonds is 2. The zero-order valence-electron chi connectivity index (χ0n) is 17.2. The molecule has 1 aliphatic rings. The van der Waals surface area contributed by atoms with Crippen LogP contribution in [0, 0.1) is 18.8 Å². The summed E-state index contributed by atoms with van der Waals surface area (Å²) in [4.78, 5) is 17.0. The monoisotopic (exact) mass is 432 g/mol. The van der Waals surface area contributed by atoms with Gasteiger partial charge in [0.05, 0.1) is 6.26 Å². The molecule has 0 aliphatic carbocycles. The number of hydrogen-bond acceptors (Lipinski definition) is 4. The quantitative estimate of drug-likeness (QED) is 0.459. The van der Waals surface area contributed by atoms with Gasteiger partial charge in [-0.3, -0.25) is 14.5 Å². The fourth-order valence-electron chi connectivity index (χ4n) is 3.66. The highest BCUT2D eigenvalue weighted by atomic mass is 19.3. The van der Waals surface area contributed by atoms with Crippen LogP contribution in [0.1, 0.15) is 45.6 Å². The molecule has 4 aromatic rings. The van der Waals surface area contributed by atoms with E-state index < -0.39 is 11.8 Å². The van der Waals surface area contributed by atoms with Gasteiger partial charge in [0.15, 0.2) is 11.4 Å². The molecule has 5 rings (SSSR count). The molecule has 6 nitrogen and oxygen atoms in total. The van der Waals surface area contributed by atoms with Crippen molar-refractivity contribution in [3.05, 3.63) is 76.8 Å². The molecule has 1 N–H and O–H groups in total. The van der Waals surface area contributed by atoms with Crippen molar-refractivity contribution in [3.8, 4) is 11.8 Å². The zero-order chi connectivity index (χ0) is 22.3. The van der Waals surface area contributed by atoms with Gasteiger partial charge in [0.2, 0.25) is 0 Å². The Hall–Kier alpha value is -3.99. The minimum absolute atomic E-state index is 0.109. The number of carbonyl (C=O) groups is 1. The molecule has 8 heteroatoms. The number of nitrogens with zero attached hydrogens (tertiary/aromatic N) is 3. The van der Waals surface area contributed by atoms with Gasteiger partial charge in [0.25, 0.3) is 11.8 Å². The minimum atomic E-state index is -2.94. The maximum absolute atomic E-state index is 14.1. The van der Waals surface area contributed by atoms with Crippen LogP contribution in [-0.4, -0.2) is 20.7 Å². The van der Waals surface area contributed by atoms with Crippen LogP contribution in [0.2, 0.25) is 0 Å². The number of carbonyl (C=O) groups excluding carboxylic acids is 1. The van der Waals surface area contributed by atoms with Gasteiger partial charge >= 0.3 is 0 Å². The predicted molar refractivity (Wildman–Crippen MR) is 114 cm³/mol. The fraction of sp³-hybridized carbons (Fsp3) is 0.208. The van der Waals surface area contributed by atoms with Crippen LogP contribution in [0.15, 0.2) is 53.3 Å². The molecule has 0 fully saturated rings. The maximum atomic E-state index is 14.1. The Bertz CT molecular complexity index is 1410. The Morgan fingerprint density at radius 1 is 1.22 bits per heavy atom. The predicted octanol–water partition coefficient (Wildman–Crippen LogP) is 4.87. The first-order valence-electron chi connectivity index (χ1n) is 10.1. The lowest BCUT2D eigenvalue weighted by molar-refractivity contribution is -0.0364. The van der Waals surface area contributed by atoms with Crippen LogP contribution >= 0.6 is 0 Å². The number of pyridine rings is 1. The van der Waals surface area contributed by atoms with E-state index in [2.05, 4.69) is 27.2 Å². The van der Waals surface area contributed by atoms with Crippen LogP contribution in [0.3, 0.4) is 0 Å². The summed E-state index contributed by atoms with van der Waals surface area (Å²) in [6, 6.07) is 9.94. The molecule has 0 atom stereocenters. The second-order valence-electron chi connectivity index (χ2n) is 7.71. The van der Waals surface area contributed by atoms with Gasteiger partial charge in [-0.2, -0.15) is 13.9 Å². The van der Waals surface area contributed by atoms with Crippen molar-refractivity contribution < 1.29 is 18.0 Å². The zero-order valence-corrected chi connectivity index (χ0v) is 17.2. The third kappa shape index (κ3) is 3.73. The van der Waals surface area contributed by atoms with Crippen LogP contribution in [-0.2, 0) is 12.5 Å². The van der Waals surface area contributed by atoms with Crippen LogP contribution in [0.25, 0.3) is 11.1 Å². The van der Waals surface area contributed by atoms with Gasteiger partial charge in [-0.15, -0.1) is 0 Å². The molecular formula is C24H18F2N4O2. The minimum Gasteiger partial charge on any atom is -0.463 e. The number of alkyl halides is 2. The lowest BCUT2D eigenvalue weighted by Gasteiger charge is -2.22. The van der Waals surface area contributed by atoms with E-state index in [-0.39, 0.29) is 17.9 Å². The van der Waals surface area contributed by atoms with Gasteiger partial charge in [0, 0.05) is 54.1 Å². The van der Waals surface area contributed by atoms with Crippen LogP contribution < -0.4 is 5.32 Å². The van der Waals surface area contributed by atoms with E-state index in [1.165, 1.54) is 10.7 Å². The SMILES string of the molecule is Cc1ccc(C(=O)Nc2cc3n(n2)CCCC3(F)F)cc1C#Cc1cnc2ccoc2c1. The summed E-state index contributed by atoms with van der Waals surface area (Å²) >= 11 is 0. The average Bonchev–Trinajstić information content (AvgIpc) is 3.40. The molecular weight excluding hydrogens is 414 g/mol. The second kappa shape index (κ2) is 7.61. The number of furan rings is 1. The molecule has 0 saturated heterocycles. The van der Waals surface area contributed by atoms with Crippen molar-refractivity contribution >= 4 is 22.8 Å². The number of halogens is 2. The highest BCUT2D eigenvalue weighted by Crippen LogP contribution is 2.37. The van der Waals surface area contributed by atoms with E-state index in [9.17, 15) is 13.6 Å². The molecule has 0 unspecified atom stereocenters. The topological polar surface area (TPSA) is 73.0 Å². The molecule has 0 bridgehead atoms. The Kier molecular flexibility index (Phi) is 4.74. The number of amides is 1. The molecule has 1 amide bonds. The lowest BCUT2D eigenvalue weighted by Crippen LogP contribution is -2.25. The van der Waals surface area contributed by atoms with E-state index in [1.54, 1.807) is 42.8 Å². The molecule has 3 aromatic heterocycles. The number of fused-ring (bicyclic) bond motifs is 2. The first-order chi connectivity index (χ1) is 15.4. The summed E-state index contributed by atoms with van der Waals surface area (Å²) in [6.07, 6.45) is 3.36. The number of nitrogens with one attached hydrogen (secondary N) is 1. The number of aromatic nitrogens is 3. The van der Waals surface area contributed by atoms with E-state index in [4.69, 9.17) is 4.42 Å². The molecule has 32 heavy (non-hydrogen) atoms. The standard InChI is InChI=1S/C24H18F2N4O2/c1-15-3-5-18(12-17(15)6-4-16-11-20-19(27-14-16)7-10-32-20)23(31)28-22-13-21-24(25,26)8-2-9-30(21)29-22/h3,5,7,10-14H,2,8-9H2,1H3,(H,28,29,31). The highest BCUT2D eigenvalue weighted by molar-refractivity contribution is 6.04. The van der Waals surface area contributed by atoms with E-state index in [0.717, 1.165) is 11.1 Å². The third-order valence-electron chi connectivity index (χ3n) is 5.40. The largest absolute Gasteiger partial charge is 0.463 e. The maximum Gasteiger partial charge on any atom is 0.289 e. The summed E-state index contributed by atoms with van der Waals surface area (Å²) in [7, 11) is 0. The van der Waals surface area contributed by atoms with Gasteiger partial charge in [-0.25, -0.2) is 0 Å². The summed E-state index contributed by atoms with van der Waals surface area (Å²) < 4.78 is 34.7. The van der Waals surface area contributed by atoms with Gasteiger partial charge in [-0.05, 0) is 31.0 Å². The molecule has 0 saturated carbocycles. The van der Waals surface area contributed by atoms with E-state index in [0.29, 0.717) is 35.2 Å². The normalized spacial score (nSPS) is 14.5. The Morgan fingerprint density at radius 2 is 2.09 bits per heavy atom. The first kappa shape index (κ1) is 19.9. The number of anilines is 1. The van der Waals surface area contributed by atoms with Crippen molar-refractivity contribution in [1.29, 1.82) is 0 Å². The number of hydrogen-bond donors (Lipinski definition) is 1. The smallest absolute Gasteiger partial charge is 0.289 e. The van der Waals surface area contributed by atoms with Gasteiger partial charge in [-0.1, -0.05) is 17.9 Å². The summed E-state index contributed by atoms with van der Waals surface area (Å²) in [5.74, 6) is 2.84. The second-order valence-corrected chi connectivity index (χ2v) is 7.71. The molecule has 1 aliphatic heterocycles. The van der Waals surface area contributed by atoms with Crippen molar-refractivity contribution in [3.63, 3.8) is 0 Å². The molecule has 1 aromatic carbocycles. The lowest BCUT2D eigenvalue weighted by atomic mass is 10.0. The summed E-state index contributed by atoms with van der Waals surface area (Å²) in [5.41, 5.74) is 3.85. The average molecular weight is 432 g/mol. The van der Waals surface area contributed by atoms with Gasteiger partial charge in [0.1, 0.15) is 11.2 Å². The Balaban J connectivity index is 1.38. The molecule has 0 radical (unpaired) electrons. The Morgan fingerprint density at radius 3 is 2.94 bits per heavy atom. The number of aryl methyl sites for hydroxylation is 2. The van der Waals surface area contributed by atoms with Crippen molar-refractivity contribution in [1.82, 2.24) is 14.8 Å². The van der Waals surface area contributed by atoms with Crippen LogP contribution in [0.4, 0.5) is 14.6 Å². The van der Waals surface area contributed by atoms with Crippen LogP contribution in [0.5, 0.6) is 0 Å². The third-order valence-corrected chi connectivity index (χ3v) is 5.40. The van der Waals surface area contributed by atoms with Crippen molar-refractivity contribution in [2.75, 3.05) is 5.32 Å².